The van der Waals surface area contributed by atoms with Crippen molar-refractivity contribution in [2.45, 2.75) is 24.2 Å². The van der Waals surface area contributed by atoms with E-state index in [4.69, 9.17) is 0 Å². The van der Waals surface area contributed by atoms with Crippen molar-refractivity contribution >= 4 is 14.4 Å². The average molecular weight is 268 g/mol. The third kappa shape index (κ3) is 2.93. The summed E-state index contributed by atoms with van der Waals surface area (Å²) in [7, 11) is 0.804. The zero-order valence-corrected chi connectivity index (χ0v) is 11.8. The van der Waals surface area contributed by atoms with Gasteiger partial charge in [-0.05, 0) is 11.1 Å². The van der Waals surface area contributed by atoms with E-state index in [9.17, 15) is 4.79 Å². The van der Waals surface area contributed by atoms with Crippen molar-refractivity contribution in [2.75, 3.05) is 0 Å². The van der Waals surface area contributed by atoms with Crippen molar-refractivity contribution in [3.05, 3.63) is 71.8 Å². The van der Waals surface area contributed by atoms with Crippen LogP contribution in [0.1, 0.15) is 35.3 Å². The lowest BCUT2D eigenvalue weighted by Gasteiger charge is -2.29. The van der Waals surface area contributed by atoms with Crippen LogP contribution in [0.3, 0.4) is 0 Å². The van der Waals surface area contributed by atoms with Crippen LogP contribution in [0.4, 0.5) is 0 Å². The molecule has 96 valence electrons. The first kappa shape index (κ1) is 12.6. The summed E-state index contributed by atoms with van der Waals surface area (Å²) in [5.41, 5.74) is 3.45. The van der Waals surface area contributed by atoms with E-state index in [1.807, 2.05) is 12.1 Å². The number of hydrogen-bond acceptors (Lipinski definition) is 1. The van der Waals surface area contributed by atoms with Crippen molar-refractivity contribution in [2.24, 2.45) is 0 Å². The lowest BCUT2D eigenvalue weighted by molar-refractivity contribution is -0.119. The molecular formula is C17H17OP. The van der Waals surface area contributed by atoms with Crippen molar-refractivity contribution < 1.29 is 4.79 Å². The van der Waals surface area contributed by atoms with Crippen molar-refractivity contribution in [1.82, 2.24) is 0 Å². The van der Waals surface area contributed by atoms with Crippen molar-refractivity contribution in [1.29, 1.82) is 0 Å². The minimum atomic E-state index is 0.404. The lowest BCUT2D eigenvalue weighted by atomic mass is 10.0. The van der Waals surface area contributed by atoms with Gasteiger partial charge in [-0.3, -0.25) is 4.79 Å². The maximum atomic E-state index is 12.0. The van der Waals surface area contributed by atoms with Gasteiger partial charge in [0.2, 0.25) is 0 Å². The summed E-state index contributed by atoms with van der Waals surface area (Å²) < 4.78 is 0. The predicted molar refractivity (Wildman–Crippen MR) is 80.9 cm³/mol. The third-order valence-corrected chi connectivity index (χ3v) is 5.55. The molecule has 1 aliphatic heterocycles. The molecule has 0 bridgehead atoms. The van der Waals surface area contributed by atoms with E-state index in [1.54, 1.807) is 0 Å². The molecule has 0 amide bonds. The Morgan fingerprint density at radius 2 is 1.16 bits per heavy atom. The molecule has 1 aliphatic rings. The van der Waals surface area contributed by atoms with Crippen LogP contribution in [0.2, 0.25) is 0 Å². The highest BCUT2D eigenvalue weighted by Crippen LogP contribution is 2.53. The fraction of sp³-hybridized carbons (Fsp3) is 0.235. The second-order valence-corrected chi connectivity index (χ2v) is 6.77. The van der Waals surface area contributed by atoms with Crippen LogP contribution in [0.25, 0.3) is 0 Å². The number of benzene rings is 2. The van der Waals surface area contributed by atoms with E-state index in [0.717, 1.165) is 8.58 Å². The number of ketones is 1. The highest BCUT2D eigenvalue weighted by molar-refractivity contribution is 7.39. The Morgan fingerprint density at radius 3 is 1.58 bits per heavy atom. The van der Waals surface area contributed by atoms with Crippen LogP contribution in [0.15, 0.2) is 60.7 Å². The quantitative estimate of drug-likeness (QED) is 0.732. The fourth-order valence-electron chi connectivity index (χ4n) is 2.70. The average Bonchev–Trinajstić information content (AvgIpc) is 2.48. The molecule has 1 heterocycles. The van der Waals surface area contributed by atoms with Gasteiger partial charge in [0.1, 0.15) is 5.78 Å². The summed E-state index contributed by atoms with van der Waals surface area (Å²) in [6, 6.07) is 20.9. The van der Waals surface area contributed by atoms with Crippen molar-refractivity contribution in [3.8, 4) is 0 Å². The van der Waals surface area contributed by atoms with E-state index in [1.165, 1.54) is 11.1 Å². The molecule has 0 saturated carbocycles. The maximum absolute atomic E-state index is 12.0. The normalized spacial score (nSPS) is 24.5. The zero-order chi connectivity index (χ0) is 13.1. The zero-order valence-electron chi connectivity index (χ0n) is 10.8. The van der Waals surface area contributed by atoms with Crippen LogP contribution >= 0.6 is 8.58 Å². The number of carbonyl (C=O) groups is 1. The Kier molecular flexibility index (Phi) is 3.75. The summed E-state index contributed by atoms with van der Waals surface area (Å²) in [6.45, 7) is 0. The van der Waals surface area contributed by atoms with Gasteiger partial charge in [0.15, 0.2) is 0 Å². The Bertz CT molecular complexity index is 500. The Hall–Kier alpha value is -1.46. The fourth-order valence-corrected chi connectivity index (χ4v) is 4.64. The van der Waals surface area contributed by atoms with Crippen LogP contribution in [0, 0.1) is 0 Å². The van der Waals surface area contributed by atoms with Gasteiger partial charge in [-0.2, -0.15) is 0 Å². The molecular weight excluding hydrogens is 251 g/mol. The Labute approximate surface area is 115 Å². The van der Waals surface area contributed by atoms with Gasteiger partial charge in [-0.1, -0.05) is 60.7 Å². The molecule has 0 aliphatic carbocycles. The first-order chi connectivity index (χ1) is 9.33. The standard InChI is InChI=1S/C17H17OP/c18-15-11-16(13-7-3-1-4-8-13)19-17(12-15)14-9-5-2-6-10-14/h1-10,16-17,19H,11-12H2. The highest BCUT2D eigenvalue weighted by Gasteiger charge is 2.28. The number of Topliss-reactive ketones (excluding diaryl/α,β-unsaturated/α-hetero) is 1. The van der Waals surface area contributed by atoms with E-state index in [-0.39, 0.29) is 0 Å². The third-order valence-electron chi connectivity index (χ3n) is 3.67. The summed E-state index contributed by atoms with van der Waals surface area (Å²) in [5, 5.41) is 0. The van der Waals surface area contributed by atoms with Crippen LogP contribution in [-0.4, -0.2) is 5.78 Å². The van der Waals surface area contributed by atoms with Crippen LogP contribution < -0.4 is 0 Å². The second-order valence-electron chi connectivity index (χ2n) is 5.04. The molecule has 2 aromatic carbocycles. The van der Waals surface area contributed by atoms with E-state index >= 15 is 0 Å². The van der Waals surface area contributed by atoms with Gasteiger partial charge in [0.05, 0.1) is 0 Å². The van der Waals surface area contributed by atoms with Gasteiger partial charge in [-0.25, -0.2) is 0 Å². The summed E-state index contributed by atoms with van der Waals surface area (Å²) >= 11 is 0. The first-order valence-corrected chi connectivity index (χ1v) is 7.86. The second kappa shape index (κ2) is 5.67. The van der Waals surface area contributed by atoms with E-state index in [2.05, 4.69) is 48.5 Å². The van der Waals surface area contributed by atoms with Gasteiger partial charge >= 0.3 is 0 Å². The molecule has 19 heavy (non-hydrogen) atoms. The molecule has 2 aromatic rings. The number of hydrogen-bond donors (Lipinski definition) is 0. The lowest BCUT2D eigenvalue weighted by Crippen LogP contribution is -2.14. The van der Waals surface area contributed by atoms with E-state index in [0.29, 0.717) is 29.9 Å². The number of rotatable bonds is 2. The highest BCUT2D eigenvalue weighted by atomic mass is 31.1. The first-order valence-electron chi connectivity index (χ1n) is 6.70. The SMILES string of the molecule is O=C1CC(c2ccccc2)PC(c2ccccc2)C1. The molecule has 2 atom stereocenters. The molecule has 3 rings (SSSR count). The summed E-state index contributed by atoms with van der Waals surface area (Å²) in [6.07, 6.45) is 1.43. The summed E-state index contributed by atoms with van der Waals surface area (Å²) in [4.78, 5) is 12.0. The Morgan fingerprint density at radius 1 is 0.737 bits per heavy atom. The van der Waals surface area contributed by atoms with Crippen LogP contribution in [-0.2, 0) is 4.79 Å². The molecule has 0 radical (unpaired) electrons. The molecule has 2 heteroatoms. The van der Waals surface area contributed by atoms with Crippen LogP contribution in [0.5, 0.6) is 0 Å². The smallest absolute Gasteiger partial charge is 0.134 e. The van der Waals surface area contributed by atoms with Gasteiger partial charge < -0.3 is 0 Å². The number of carbonyl (C=O) groups excluding carboxylic acids is 1. The molecule has 0 spiro atoms. The van der Waals surface area contributed by atoms with Gasteiger partial charge in [-0.15, -0.1) is 8.58 Å². The van der Waals surface area contributed by atoms with Crippen molar-refractivity contribution in [3.63, 3.8) is 0 Å². The Balaban J connectivity index is 1.84. The molecule has 0 aromatic heterocycles. The monoisotopic (exact) mass is 268 g/mol. The minimum Gasteiger partial charge on any atom is -0.300 e. The molecule has 0 N–H and O–H groups in total. The summed E-state index contributed by atoms with van der Waals surface area (Å²) in [5.74, 6) is 0.404. The molecule has 2 unspecified atom stereocenters. The van der Waals surface area contributed by atoms with Gasteiger partial charge in [0.25, 0.3) is 0 Å². The molecule has 1 nitrogen and oxygen atoms in total. The molecule has 1 fully saturated rings. The van der Waals surface area contributed by atoms with E-state index < -0.39 is 0 Å². The predicted octanol–water partition coefficient (Wildman–Crippen LogP) is 4.51. The largest absolute Gasteiger partial charge is 0.300 e. The van der Waals surface area contributed by atoms with Gasteiger partial charge in [0, 0.05) is 24.2 Å². The topological polar surface area (TPSA) is 17.1 Å². The minimum absolute atomic E-state index is 0.404. The molecule has 1 saturated heterocycles. The maximum Gasteiger partial charge on any atom is 0.134 e.